The van der Waals surface area contributed by atoms with Crippen LogP contribution in [0.15, 0.2) is 24.3 Å². The van der Waals surface area contributed by atoms with Crippen LogP contribution in [0.2, 0.25) is 0 Å². The summed E-state index contributed by atoms with van der Waals surface area (Å²) in [4.78, 5) is 0. The van der Waals surface area contributed by atoms with Gasteiger partial charge in [0.25, 0.3) is 0 Å². The van der Waals surface area contributed by atoms with Crippen LogP contribution in [0.25, 0.3) is 5.69 Å². The van der Waals surface area contributed by atoms with E-state index in [-0.39, 0.29) is 6.04 Å². The first-order valence-electron chi connectivity index (χ1n) is 5.89. The Kier molecular flexibility index (Phi) is 3.03. The van der Waals surface area contributed by atoms with Gasteiger partial charge in [0.05, 0.1) is 11.4 Å². The molecule has 2 N–H and O–H groups in total. The topological polar surface area (TPSA) is 43.8 Å². The molecule has 0 bridgehead atoms. The molecule has 1 heterocycles. The predicted octanol–water partition coefficient (Wildman–Crippen LogP) is 2.82. The maximum Gasteiger partial charge on any atom is 0.0649 e. The first kappa shape index (κ1) is 11.9. The zero-order chi connectivity index (χ0) is 12.6. The Morgan fingerprint density at radius 1 is 1.12 bits per heavy atom. The maximum atomic E-state index is 5.84. The summed E-state index contributed by atoms with van der Waals surface area (Å²) >= 11 is 0. The zero-order valence-electron chi connectivity index (χ0n) is 10.9. The Bertz CT molecular complexity index is 521. The van der Waals surface area contributed by atoms with E-state index in [0.29, 0.717) is 0 Å². The number of nitrogens with two attached hydrogens (primary N) is 1. The molecule has 0 spiro atoms. The predicted molar refractivity (Wildman–Crippen MR) is 70.4 cm³/mol. The first-order chi connectivity index (χ1) is 8.00. The lowest BCUT2D eigenvalue weighted by molar-refractivity contribution is 0.808. The van der Waals surface area contributed by atoms with E-state index in [1.54, 1.807) is 0 Å². The van der Waals surface area contributed by atoms with Gasteiger partial charge in [-0.25, -0.2) is 4.68 Å². The van der Waals surface area contributed by atoms with Gasteiger partial charge in [0, 0.05) is 11.7 Å². The van der Waals surface area contributed by atoms with Gasteiger partial charge in [0.15, 0.2) is 0 Å². The molecular formula is C14H19N3. The number of aromatic nitrogens is 2. The van der Waals surface area contributed by atoms with Crippen molar-refractivity contribution in [3.05, 3.63) is 46.8 Å². The molecule has 2 aromatic rings. The molecule has 1 atom stereocenters. The Hall–Kier alpha value is -1.61. The number of aryl methyl sites for hydroxylation is 1. The Morgan fingerprint density at radius 2 is 1.71 bits per heavy atom. The summed E-state index contributed by atoms with van der Waals surface area (Å²) in [7, 11) is 0. The van der Waals surface area contributed by atoms with Gasteiger partial charge >= 0.3 is 0 Å². The molecule has 2 rings (SSSR count). The number of hydrogen-bond acceptors (Lipinski definition) is 2. The molecule has 0 saturated carbocycles. The molecule has 90 valence electrons. The summed E-state index contributed by atoms with van der Waals surface area (Å²) in [5, 5.41) is 4.54. The minimum atomic E-state index is 0.0752. The average Bonchev–Trinajstić information content (AvgIpc) is 2.57. The highest BCUT2D eigenvalue weighted by atomic mass is 15.3. The van der Waals surface area contributed by atoms with Crippen LogP contribution in [0.4, 0.5) is 0 Å². The first-order valence-corrected chi connectivity index (χ1v) is 5.89. The van der Waals surface area contributed by atoms with Gasteiger partial charge < -0.3 is 5.73 Å². The molecule has 3 heteroatoms. The molecule has 0 aliphatic rings. The minimum absolute atomic E-state index is 0.0752. The fourth-order valence-corrected chi connectivity index (χ4v) is 1.89. The van der Waals surface area contributed by atoms with Crippen LogP contribution < -0.4 is 5.73 Å². The maximum absolute atomic E-state index is 5.84. The monoisotopic (exact) mass is 229 g/mol. The zero-order valence-corrected chi connectivity index (χ0v) is 10.9. The van der Waals surface area contributed by atoms with Gasteiger partial charge in [-0.1, -0.05) is 12.1 Å². The lowest BCUT2D eigenvalue weighted by Crippen LogP contribution is -2.05. The minimum Gasteiger partial charge on any atom is -0.324 e. The third kappa shape index (κ3) is 2.11. The molecule has 0 aliphatic heterocycles. The second-order valence-corrected chi connectivity index (χ2v) is 4.59. The van der Waals surface area contributed by atoms with E-state index in [0.717, 1.165) is 16.9 Å². The van der Waals surface area contributed by atoms with E-state index in [4.69, 9.17) is 5.73 Å². The summed E-state index contributed by atoms with van der Waals surface area (Å²) in [6.45, 7) is 8.22. The van der Waals surface area contributed by atoms with Crippen LogP contribution in [0.5, 0.6) is 0 Å². The highest BCUT2D eigenvalue weighted by molar-refractivity contribution is 5.38. The fraction of sp³-hybridized carbons (Fsp3) is 0.357. The largest absolute Gasteiger partial charge is 0.324 e. The Morgan fingerprint density at radius 3 is 2.12 bits per heavy atom. The summed E-state index contributed by atoms with van der Waals surface area (Å²) in [6, 6.07) is 8.33. The van der Waals surface area contributed by atoms with Crippen molar-refractivity contribution in [2.45, 2.75) is 33.7 Å². The summed E-state index contributed by atoms with van der Waals surface area (Å²) in [5.74, 6) is 0. The van der Waals surface area contributed by atoms with Crippen molar-refractivity contribution in [3.8, 4) is 5.69 Å². The molecule has 1 aromatic carbocycles. The van der Waals surface area contributed by atoms with Crippen molar-refractivity contribution in [1.29, 1.82) is 0 Å². The van der Waals surface area contributed by atoms with E-state index in [2.05, 4.69) is 43.2 Å². The third-order valence-corrected chi connectivity index (χ3v) is 3.32. The van der Waals surface area contributed by atoms with Crippen LogP contribution in [0, 0.1) is 20.8 Å². The van der Waals surface area contributed by atoms with E-state index < -0.39 is 0 Å². The van der Waals surface area contributed by atoms with Crippen molar-refractivity contribution in [2.24, 2.45) is 5.73 Å². The molecule has 0 radical (unpaired) electrons. The molecule has 0 amide bonds. The number of hydrogen-bond donors (Lipinski definition) is 1. The van der Waals surface area contributed by atoms with Crippen molar-refractivity contribution in [2.75, 3.05) is 0 Å². The van der Waals surface area contributed by atoms with Crippen molar-refractivity contribution in [3.63, 3.8) is 0 Å². The van der Waals surface area contributed by atoms with Gasteiger partial charge in [0.1, 0.15) is 0 Å². The summed E-state index contributed by atoms with van der Waals surface area (Å²) < 4.78 is 1.98. The average molecular weight is 229 g/mol. The molecule has 0 aliphatic carbocycles. The quantitative estimate of drug-likeness (QED) is 0.860. The SMILES string of the molecule is Cc1nn(-c2ccc([C@@H](C)N)cc2)c(C)c1C. The fourth-order valence-electron chi connectivity index (χ4n) is 1.89. The molecule has 0 fully saturated rings. The van der Waals surface area contributed by atoms with Gasteiger partial charge in [-0.05, 0) is 51.0 Å². The normalized spacial score (nSPS) is 12.8. The molecule has 1 aromatic heterocycles. The van der Waals surface area contributed by atoms with Crippen molar-refractivity contribution >= 4 is 0 Å². The van der Waals surface area contributed by atoms with Crippen LogP contribution in [0.1, 0.15) is 35.5 Å². The standard InChI is InChI=1S/C14H19N3/c1-9-11(3)16-17(12(9)4)14-7-5-13(6-8-14)10(2)15/h5-8,10H,15H2,1-4H3/t10-/m1/s1. The van der Waals surface area contributed by atoms with Crippen LogP contribution in [-0.2, 0) is 0 Å². The highest BCUT2D eigenvalue weighted by Crippen LogP contribution is 2.18. The van der Waals surface area contributed by atoms with E-state index in [9.17, 15) is 0 Å². The smallest absolute Gasteiger partial charge is 0.0649 e. The van der Waals surface area contributed by atoms with Gasteiger partial charge in [0.2, 0.25) is 0 Å². The molecule has 0 unspecified atom stereocenters. The third-order valence-electron chi connectivity index (χ3n) is 3.32. The number of nitrogens with zero attached hydrogens (tertiary/aromatic N) is 2. The molecular weight excluding hydrogens is 210 g/mol. The summed E-state index contributed by atoms with van der Waals surface area (Å²) in [5.41, 5.74) is 11.6. The molecule has 0 saturated heterocycles. The van der Waals surface area contributed by atoms with Gasteiger partial charge in [-0.15, -0.1) is 0 Å². The van der Waals surface area contributed by atoms with E-state index >= 15 is 0 Å². The summed E-state index contributed by atoms with van der Waals surface area (Å²) in [6.07, 6.45) is 0. The lowest BCUT2D eigenvalue weighted by Gasteiger charge is -2.08. The Labute approximate surface area is 102 Å². The van der Waals surface area contributed by atoms with E-state index in [1.807, 2.05) is 18.5 Å². The van der Waals surface area contributed by atoms with Gasteiger partial charge in [-0.2, -0.15) is 5.10 Å². The lowest BCUT2D eigenvalue weighted by atomic mass is 10.1. The molecule has 3 nitrogen and oxygen atoms in total. The number of rotatable bonds is 2. The van der Waals surface area contributed by atoms with Crippen molar-refractivity contribution < 1.29 is 0 Å². The van der Waals surface area contributed by atoms with Gasteiger partial charge in [-0.3, -0.25) is 0 Å². The highest BCUT2D eigenvalue weighted by Gasteiger charge is 2.08. The van der Waals surface area contributed by atoms with Crippen LogP contribution in [-0.4, -0.2) is 9.78 Å². The molecule has 17 heavy (non-hydrogen) atoms. The van der Waals surface area contributed by atoms with Crippen LogP contribution >= 0.6 is 0 Å². The second-order valence-electron chi connectivity index (χ2n) is 4.59. The van der Waals surface area contributed by atoms with E-state index in [1.165, 1.54) is 11.3 Å². The Balaban J connectivity index is 2.43. The second kappa shape index (κ2) is 4.34. The van der Waals surface area contributed by atoms with Crippen LogP contribution in [0.3, 0.4) is 0 Å². The number of benzene rings is 1. The van der Waals surface area contributed by atoms with Crippen molar-refractivity contribution in [1.82, 2.24) is 9.78 Å².